The molecule has 0 aliphatic heterocycles. The third-order valence-corrected chi connectivity index (χ3v) is 11.1. The number of hydrogen-bond acceptors (Lipinski definition) is 8. The van der Waals surface area contributed by atoms with Gasteiger partial charge in [0.1, 0.15) is 0 Å². The second-order valence-electron chi connectivity index (χ2n) is 14.8. The van der Waals surface area contributed by atoms with E-state index in [9.17, 15) is 14.4 Å². The van der Waals surface area contributed by atoms with Crippen molar-refractivity contribution in [3.8, 4) is 0 Å². The Kier molecular flexibility index (Phi) is 10.5. The SMILES string of the molecule is Cc1cc([As](C(=O)OC(C)(C)C)c2nn(C(C)C)c(=O)c3cc(C(O[SiH](C)C)C(C)(C)C)ccc23)nn1C(=O)OC(C)(C)C. The molecule has 0 saturated carbocycles. The molecular formula is C32H49AsN4O6Si. The van der Waals surface area contributed by atoms with Crippen LogP contribution in [0.1, 0.15) is 99.6 Å². The molecule has 10 nitrogen and oxygen atoms in total. The Morgan fingerprint density at radius 3 is 1.98 bits per heavy atom. The van der Waals surface area contributed by atoms with Gasteiger partial charge in [-0.3, -0.25) is 0 Å². The first kappa shape index (κ1) is 35.7. The third kappa shape index (κ3) is 8.49. The van der Waals surface area contributed by atoms with Crippen molar-refractivity contribution >= 4 is 54.3 Å². The molecule has 0 fully saturated rings. The van der Waals surface area contributed by atoms with Crippen LogP contribution in [0, 0.1) is 12.3 Å². The minimum atomic E-state index is -3.18. The molecular weight excluding hydrogens is 639 g/mol. The van der Waals surface area contributed by atoms with Gasteiger partial charge in [-0.1, -0.05) is 0 Å². The van der Waals surface area contributed by atoms with Crippen molar-refractivity contribution in [3.05, 3.63) is 45.9 Å². The van der Waals surface area contributed by atoms with Gasteiger partial charge in [-0.15, -0.1) is 0 Å². The van der Waals surface area contributed by atoms with Crippen LogP contribution in [0.5, 0.6) is 0 Å². The van der Waals surface area contributed by atoms with E-state index in [-0.39, 0.29) is 23.1 Å². The number of carbonyl (C=O) groups is 2. The molecule has 0 radical (unpaired) electrons. The fourth-order valence-corrected chi connectivity index (χ4v) is 10.1. The van der Waals surface area contributed by atoms with Gasteiger partial charge >= 0.3 is 268 Å². The molecule has 0 saturated heterocycles. The second kappa shape index (κ2) is 12.9. The van der Waals surface area contributed by atoms with E-state index in [1.165, 1.54) is 9.36 Å². The average molecular weight is 689 g/mol. The van der Waals surface area contributed by atoms with Gasteiger partial charge in [-0.05, 0) is 0 Å². The van der Waals surface area contributed by atoms with Crippen molar-refractivity contribution in [2.75, 3.05) is 0 Å². The van der Waals surface area contributed by atoms with Crippen LogP contribution in [0.3, 0.4) is 0 Å². The summed E-state index contributed by atoms with van der Waals surface area (Å²) in [6.07, 6.45) is -0.857. The van der Waals surface area contributed by atoms with Crippen LogP contribution in [0.2, 0.25) is 13.1 Å². The standard InChI is InChI=1S/C32H49AsN4O6Si/c1-19(2)36-27(38)23-18-21(25(30(4,5)6)43-44(13)14)15-16-22(23)26(35-36)33(28(39)41-31(7,8)9)24-17-20(3)37(34-24)29(40)42-32(10,11)12/h15-19,25,44H,1-14H3. The molecule has 2 unspecified atom stereocenters. The summed E-state index contributed by atoms with van der Waals surface area (Å²) >= 11 is -3.18. The Hall–Kier alpha value is -2.75. The van der Waals surface area contributed by atoms with Crippen molar-refractivity contribution in [2.45, 2.75) is 120 Å². The van der Waals surface area contributed by atoms with Gasteiger partial charge in [0.15, 0.2) is 0 Å². The first-order valence-electron chi connectivity index (χ1n) is 15.0. The van der Waals surface area contributed by atoms with Crippen molar-refractivity contribution in [1.82, 2.24) is 19.6 Å². The van der Waals surface area contributed by atoms with Gasteiger partial charge in [0.25, 0.3) is 0 Å². The van der Waals surface area contributed by atoms with Gasteiger partial charge in [0, 0.05) is 0 Å². The molecule has 0 spiro atoms. The van der Waals surface area contributed by atoms with E-state index in [0.717, 1.165) is 5.56 Å². The maximum atomic E-state index is 14.1. The van der Waals surface area contributed by atoms with Gasteiger partial charge in [-0.25, -0.2) is 0 Å². The second-order valence-corrected chi connectivity index (χ2v) is 21.1. The Morgan fingerprint density at radius 1 is 0.886 bits per heavy atom. The predicted molar refractivity (Wildman–Crippen MR) is 178 cm³/mol. The van der Waals surface area contributed by atoms with Gasteiger partial charge < -0.3 is 0 Å². The number of hydrogen-bond donors (Lipinski definition) is 0. The molecule has 0 N–H and O–H groups in total. The summed E-state index contributed by atoms with van der Waals surface area (Å²) in [5, 5.41) is 10.4. The van der Waals surface area contributed by atoms with E-state index >= 15 is 0 Å². The summed E-state index contributed by atoms with van der Waals surface area (Å²) in [6, 6.07) is 7.17. The number of benzene rings is 1. The van der Waals surface area contributed by atoms with E-state index in [4.69, 9.17) is 19.0 Å². The quantitative estimate of drug-likeness (QED) is 0.300. The summed E-state index contributed by atoms with van der Waals surface area (Å²) in [6.45, 7) is 26.9. The maximum absolute atomic E-state index is 14.1. The molecule has 0 aliphatic carbocycles. The number of aryl methyl sites for hydroxylation is 1. The molecule has 12 heteroatoms. The van der Waals surface area contributed by atoms with E-state index in [2.05, 4.69) is 39.0 Å². The van der Waals surface area contributed by atoms with Crippen LogP contribution in [-0.4, -0.2) is 65.3 Å². The zero-order chi connectivity index (χ0) is 33.5. The normalized spacial score (nSPS) is 14.3. The van der Waals surface area contributed by atoms with E-state index in [1.807, 2.05) is 32.0 Å². The Morgan fingerprint density at radius 2 is 1.48 bits per heavy atom. The summed E-state index contributed by atoms with van der Waals surface area (Å²) in [5.41, 5.74) is -0.546. The zero-order valence-electron chi connectivity index (χ0n) is 28.7. The number of nitrogens with zero attached hydrogens (tertiary/aromatic N) is 4. The molecule has 0 aliphatic rings. The van der Waals surface area contributed by atoms with Crippen LogP contribution in [0.4, 0.5) is 9.59 Å². The van der Waals surface area contributed by atoms with E-state index in [1.54, 1.807) is 54.5 Å². The van der Waals surface area contributed by atoms with Crippen molar-refractivity contribution in [3.63, 3.8) is 0 Å². The van der Waals surface area contributed by atoms with E-state index in [0.29, 0.717) is 25.4 Å². The summed E-state index contributed by atoms with van der Waals surface area (Å²) in [5.74, 6) is 0. The molecule has 242 valence electrons. The molecule has 0 amide bonds. The first-order chi connectivity index (χ1) is 20.0. The van der Waals surface area contributed by atoms with Gasteiger partial charge in [0.05, 0.1) is 0 Å². The first-order valence-corrected chi connectivity index (χ1v) is 20.6. The predicted octanol–water partition coefficient (Wildman–Crippen LogP) is 5.48. The minimum absolute atomic E-state index is 0.210. The average Bonchev–Trinajstić information content (AvgIpc) is 3.21. The number of carbonyl (C=O) groups excluding carboxylic acids is 2. The number of fused-ring (bicyclic) bond motifs is 1. The molecule has 1 aromatic carbocycles. The third-order valence-electron chi connectivity index (χ3n) is 6.37. The molecule has 3 aromatic rings. The van der Waals surface area contributed by atoms with Crippen LogP contribution in [-0.2, 0) is 13.9 Å². The number of aromatic nitrogens is 4. The van der Waals surface area contributed by atoms with Crippen LogP contribution < -0.4 is 14.5 Å². The number of rotatable bonds is 7. The molecule has 3 rings (SSSR count). The van der Waals surface area contributed by atoms with Crippen LogP contribution in [0.15, 0.2) is 29.1 Å². The van der Waals surface area contributed by atoms with Crippen molar-refractivity contribution < 1.29 is 23.5 Å². The molecule has 2 aromatic heterocycles. The molecule has 44 heavy (non-hydrogen) atoms. The van der Waals surface area contributed by atoms with Gasteiger partial charge in [-0.2, -0.15) is 0 Å². The van der Waals surface area contributed by atoms with Crippen molar-refractivity contribution in [2.24, 2.45) is 5.41 Å². The molecule has 2 heterocycles. The van der Waals surface area contributed by atoms with Crippen LogP contribution in [0.25, 0.3) is 10.8 Å². The van der Waals surface area contributed by atoms with Crippen LogP contribution >= 0.6 is 0 Å². The Labute approximate surface area is 267 Å². The van der Waals surface area contributed by atoms with E-state index < -0.39 is 45.7 Å². The Bertz CT molecular complexity index is 1590. The molecule has 0 bridgehead atoms. The summed E-state index contributed by atoms with van der Waals surface area (Å²) in [4.78, 5) is 41.0. The van der Waals surface area contributed by atoms with Gasteiger partial charge in [0.2, 0.25) is 0 Å². The fourth-order valence-electron chi connectivity index (χ4n) is 4.65. The summed E-state index contributed by atoms with van der Waals surface area (Å²) in [7, 11) is -1.42. The Balaban J connectivity index is 2.37. The number of ether oxygens (including phenoxy) is 2. The topological polar surface area (TPSA) is 115 Å². The zero-order valence-corrected chi connectivity index (χ0v) is 31.8. The summed E-state index contributed by atoms with van der Waals surface area (Å²) < 4.78 is 21.0. The molecule has 2 atom stereocenters. The van der Waals surface area contributed by atoms with Crippen molar-refractivity contribution in [1.29, 1.82) is 0 Å². The fraction of sp³-hybridized carbons (Fsp3) is 0.594. The monoisotopic (exact) mass is 688 g/mol.